The molecule has 2 atom stereocenters. The molecule has 31 heavy (non-hydrogen) atoms. The maximum absolute atomic E-state index is 12.2. The summed E-state index contributed by atoms with van der Waals surface area (Å²) in [5, 5.41) is 10.8. The predicted octanol–water partition coefficient (Wildman–Crippen LogP) is 3.27. The second kappa shape index (κ2) is 9.23. The summed E-state index contributed by atoms with van der Waals surface area (Å²) in [4.78, 5) is 12.1. The third kappa shape index (κ3) is 5.95. The highest BCUT2D eigenvalue weighted by Crippen LogP contribution is 2.41. The Labute approximate surface area is 176 Å². The number of ether oxygens (including phenoxy) is 3. The number of nitrogens with one attached hydrogen (secondary N) is 1. The summed E-state index contributed by atoms with van der Waals surface area (Å²) in [5.74, 6) is 0.736. The fraction of sp³-hybridized carbons (Fsp3) is 0.550. The van der Waals surface area contributed by atoms with Crippen LogP contribution in [0, 0.1) is 0 Å². The third-order valence-electron chi connectivity index (χ3n) is 5.23. The average molecular weight is 441 g/mol. The number of nitrogens with zero attached hydrogens (tertiary/aromatic N) is 2. The monoisotopic (exact) mass is 441 g/mol. The van der Waals surface area contributed by atoms with Crippen LogP contribution < -0.4 is 10.1 Å². The van der Waals surface area contributed by atoms with Crippen LogP contribution in [0.4, 0.5) is 13.2 Å². The topological polar surface area (TPSA) is 95.7 Å². The van der Waals surface area contributed by atoms with Gasteiger partial charge in [-0.25, -0.2) is 0 Å². The van der Waals surface area contributed by atoms with Gasteiger partial charge in [0.15, 0.2) is 6.61 Å². The highest BCUT2D eigenvalue weighted by atomic mass is 19.4. The number of carbonyl (C=O) groups is 1. The Morgan fingerprint density at radius 2 is 1.87 bits per heavy atom. The molecule has 2 aliphatic rings. The van der Waals surface area contributed by atoms with Crippen molar-refractivity contribution in [3.8, 4) is 5.75 Å². The van der Waals surface area contributed by atoms with Gasteiger partial charge >= 0.3 is 6.36 Å². The van der Waals surface area contributed by atoms with Crippen LogP contribution in [-0.4, -0.2) is 47.8 Å². The first-order valence-electron chi connectivity index (χ1n) is 10.0. The minimum Gasteiger partial charge on any atom is -0.484 e. The summed E-state index contributed by atoms with van der Waals surface area (Å²) in [7, 11) is 0. The van der Waals surface area contributed by atoms with Crippen molar-refractivity contribution in [3.05, 3.63) is 42.1 Å². The van der Waals surface area contributed by atoms with Gasteiger partial charge in [-0.05, 0) is 37.8 Å². The second-order valence-electron chi connectivity index (χ2n) is 7.60. The van der Waals surface area contributed by atoms with E-state index in [0.29, 0.717) is 30.4 Å². The second-order valence-corrected chi connectivity index (χ2v) is 7.60. The molecule has 1 aliphatic carbocycles. The van der Waals surface area contributed by atoms with Crippen LogP contribution in [0.25, 0.3) is 0 Å². The van der Waals surface area contributed by atoms with Gasteiger partial charge in [-0.1, -0.05) is 18.2 Å². The van der Waals surface area contributed by atoms with Crippen molar-refractivity contribution >= 4 is 5.91 Å². The van der Waals surface area contributed by atoms with Crippen LogP contribution in [0.2, 0.25) is 0 Å². The van der Waals surface area contributed by atoms with Gasteiger partial charge in [0, 0.05) is 5.92 Å². The number of hydrogen-bond donors (Lipinski definition) is 1. The first-order chi connectivity index (χ1) is 14.9. The van der Waals surface area contributed by atoms with Gasteiger partial charge in [-0.15, -0.1) is 23.4 Å². The lowest BCUT2D eigenvalue weighted by Gasteiger charge is -2.33. The molecule has 168 valence electrons. The highest BCUT2D eigenvalue weighted by molar-refractivity contribution is 5.77. The first-order valence-corrected chi connectivity index (χ1v) is 10.0. The van der Waals surface area contributed by atoms with Gasteiger partial charge in [-0.3, -0.25) is 9.53 Å². The number of halogens is 3. The van der Waals surface area contributed by atoms with Crippen molar-refractivity contribution in [2.45, 2.75) is 56.2 Å². The summed E-state index contributed by atoms with van der Waals surface area (Å²) in [6.45, 7) is 0.196. The largest absolute Gasteiger partial charge is 0.522 e. The summed E-state index contributed by atoms with van der Waals surface area (Å²) in [6.07, 6.45) is -4.32. The van der Waals surface area contributed by atoms with Gasteiger partial charge in [0.25, 0.3) is 5.91 Å². The van der Waals surface area contributed by atoms with Crippen LogP contribution in [0.3, 0.4) is 0 Å². The molecule has 0 unspecified atom stereocenters. The summed E-state index contributed by atoms with van der Waals surface area (Å²) in [5.41, 5.74) is 0. The number of carbonyl (C=O) groups excluding carboxylic acids is 1. The molecule has 2 aromatic rings. The zero-order valence-electron chi connectivity index (χ0n) is 16.5. The SMILES string of the molecule is O=C(COc1ccccc1)N[C@H]1CC[C@H](c2nnc(C3CC(OC(F)(F)F)C3)o2)OC1. The molecule has 2 fully saturated rings. The molecule has 2 heterocycles. The van der Waals surface area contributed by atoms with Crippen molar-refractivity contribution in [2.75, 3.05) is 13.2 Å². The lowest BCUT2D eigenvalue weighted by atomic mass is 9.82. The molecule has 1 amide bonds. The fourth-order valence-electron chi connectivity index (χ4n) is 3.59. The number of benzene rings is 1. The molecular formula is C20H22F3N3O5. The Bertz CT molecular complexity index is 862. The van der Waals surface area contributed by atoms with E-state index in [2.05, 4.69) is 20.3 Å². The zero-order valence-corrected chi connectivity index (χ0v) is 16.5. The Morgan fingerprint density at radius 3 is 2.55 bits per heavy atom. The number of amides is 1. The predicted molar refractivity (Wildman–Crippen MR) is 99.0 cm³/mol. The van der Waals surface area contributed by atoms with E-state index in [0.717, 1.165) is 0 Å². The van der Waals surface area contributed by atoms with E-state index in [1.165, 1.54) is 0 Å². The quantitative estimate of drug-likeness (QED) is 0.705. The lowest BCUT2D eigenvalue weighted by Crippen LogP contribution is -2.43. The van der Waals surface area contributed by atoms with E-state index in [9.17, 15) is 18.0 Å². The Balaban J connectivity index is 1.18. The molecule has 0 radical (unpaired) electrons. The molecule has 11 heteroatoms. The Morgan fingerprint density at radius 1 is 1.13 bits per heavy atom. The van der Waals surface area contributed by atoms with E-state index in [1.54, 1.807) is 12.1 Å². The van der Waals surface area contributed by atoms with E-state index < -0.39 is 18.6 Å². The molecule has 1 N–H and O–H groups in total. The maximum Gasteiger partial charge on any atom is 0.522 e. The van der Waals surface area contributed by atoms with E-state index >= 15 is 0 Å². The van der Waals surface area contributed by atoms with Gasteiger partial charge in [0.2, 0.25) is 11.8 Å². The average Bonchev–Trinajstić information content (AvgIpc) is 3.19. The van der Waals surface area contributed by atoms with Crippen LogP contribution in [0.15, 0.2) is 34.7 Å². The standard InChI is InChI=1S/C20H22F3N3O5/c21-20(22,23)31-15-8-12(9-15)18-25-26-19(30-18)16-7-6-13(10-29-16)24-17(27)11-28-14-4-2-1-3-5-14/h1-5,12-13,15-16H,6-11H2,(H,24,27)/t12?,13-,15?,16+/m0/s1. The molecule has 4 rings (SSSR count). The maximum atomic E-state index is 12.2. The Hall–Kier alpha value is -2.66. The first kappa shape index (κ1) is 21.6. The highest BCUT2D eigenvalue weighted by Gasteiger charge is 2.42. The number of hydrogen-bond acceptors (Lipinski definition) is 7. The summed E-state index contributed by atoms with van der Waals surface area (Å²) in [6, 6.07) is 8.90. The molecular weight excluding hydrogens is 419 g/mol. The molecule has 1 aliphatic heterocycles. The van der Waals surface area contributed by atoms with Gasteiger partial charge in [0.1, 0.15) is 11.9 Å². The van der Waals surface area contributed by atoms with Crippen LogP contribution in [-0.2, 0) is 14.3 Å². The Kier molecular flexibility index (Phi) is 6.42. The van der Waals surface area contributed by atoms with Gasteiger partial charge < -0.3 is 19.2 Å². The fourth-order valence-corrected chi connectivity index (χ4v) is 3.59. The van der Waals surface area contributed by atoms with Crippen LogP contribution in [0.1, 0.15) is 49.5 Å². The van der Waals surface area contributed by atoms with E-state index in [-0.39, 0.29) is 43.9 Å². The lowest BCUT2D eigenvalue weighted by molar-refractivity contribution is -0.352. The minimum atomic E-state index is -4.63. The normalized spacial score (nSPS) is 26.2. The van der Waals surface area contributed by atoms with Crippen molar-refractivity contribution in [3.63, 3.8) is 0 Å². The van der Waals surface area contributed by atoms with Gasteiger partial charge in [0.05, 0.1) is 18.8 Å². The summed E-state index contributed by atoms with van der Waals surface area (Å²) >= 11 is 0. The van der Waals surface area contributed by atoms with Gasteiger partial charge in [-0.2, -0.15) is 0 Å². The van der Waals surface area contributed by atoms with Crippen molar-refractivity contribution < 1.29 is 36.6 Å². The molecule has 8 nitrogen and oxygen atoms in total. The molecule has 1 saturated heterocycles. The van der Waals surface area contributed by atoms with E-state index in [4.69, 9.17) is 13.9 Å². The number of alkyl halides is 3. The van der Waals surface area contributed by atoms with Crippen LogP contribution >= 0.6 is 0 Å². The molecule has 0 spiro atoms. The number of para-hydroxylation sites is 1. The minimum absolute atomic E-state index is 0.0859. The smallest absolute Gasteiger partial charge is 0.484 e. The zero-order chi connectivity index (χ0) is 21.8. The van der Waals surface area contributed by atoms with Crippen molar-refractivity contribution in [2.24, 2.45) is 0 Å². The molecule has 1 aromatic heterocycles. The van der Waals surface area contributed by atoms with Crippen molar-refractivity contribution in [1.82, 2.24) is 15.5 Å². The van der Waals surface area contributed by atoms with E-state index in [1.807, 2.05) is 18.2 Å². The number of rotatable bonds is 7. The number of aromatic nitrogens is 2. The van der Waals surface area contributed by atoms with Crippen molar-refractivity contribution in [1.29, 1.82) is 0 Å². The summed E-state index contributed by atoms with van der Waals surface area (Å²) < 4.78 is 57.4. The van der Waals surface area contributed by atoms with Crippen LogP contribution in [0.5, 0.6) is 5.75 Å². The molecule has 0 bridgehead atoms. The molecule has 1 aromatic carbocycles. The molecule has 1 saturated carbocycles. The third-order valence-corrected chi connectivity index (χ3v) is 5.23.